The van der Waals surface area contributed by atoms with Gasteiger partial charge in [0.1, 0.15) is 0 Å². The van der Waals surface area contributed by atoms with E-state index in [1.165, 1.54) is 26.1 Å². The van der Waals surface area contributed by atoms with Crippen LogP contribution in [0.1, 0.15) is 6.92 Å². The van der Waals surface area contributed by atoms with Crippen molar-refractivity contribution in [2.24, 2.45) is 5.92 Å². The second-order valence-corrected chi connectivity index (χ2v) is 6.96. The Bertz CT molecular complexity index is 567. The Kier molecular flexibility index (Phi) is 5.13. The first-order valence-electron chi connectivity index (χ1n) is 6.12. The summed E-state index contributed by atoms with van der Waals surface area (Å²) in [5.41, 5.74) is 0.894. The number of carboxylic acids is 1. The van der Waals surface area contributed by atoms with E-state index in [4.69, 9.17) is 5.11 Å². The molecule has 0 saturated carbocycles. The molecule has 0 aliphatic heterocycles. The van der Waals surface area contributed by atoms with Crippen LogP contribution in [-0.4, -0.2) is 51.5 Å². The van der Waals surface area contributed by atoms with Crippen molar-refractivity contribution in [2.45, 2.75) is 11.8 Å². The fourth-order valence-corrected chi connectivity index (χ4v) is 2.92. The molecule has 0 bridgehead atoms. The first-order valence-corrected chi connectivity index (χ1v) is 7.56. The van der Waals surface area contributed by atoms with Crippen LogP contribution in [0.3, 0.4) is 0 Å². The molecule has 0 heterocycles. The van der Waals surface area contributed by atoms with Crippen molar-refractivity contribution in [2.75, 3.05) is 32.6 Å². The molecule has 1 N–H and O–H groups in total. The summed E-state index contributed by atoms with van der Waals surface area (Å²) >= 11 is 0. The van der Waals surface area contributed by atoms with Gasteiger partial charge in [-0.25, -0.2) is 12.7 Å². The number of carboxylic acid groups (broad SMARTS) is 1. The van der Waals surface area contributed by atoms with Crippen LogP contribution in [0, 0.1) is 5.92 Å². The summed E-state index contributed by atoms with van der Waals surface area (Å²) in [5, 5.41) is 8.84. The van der Waals surface area contributed by atoms with Crippen molar-refractivity contribution < 1.29 is 18.3 Å². The number of sulfonamides is 1. The zero-order valence-corrected chi connectivity index (χ0v) is 12.9. The predicted octanol–water partition coefficient (Wildman–Crippen LogP) is 1.09. The molecular weight excluding hydrogens is 280 g/mol. The molecule has 0 saturated heterocycles. The lowest BCUT2D eigenvalue weighted by Crippen LogP contribution is -2.33. The molecule has 0 spiro atoms. The van der Waals surface area contributed by atoms with E-state index < -0.39 is 21.9 Å². The Morgan fingerprint density at radius 2 is 1.70 bits per heavy atom. The standard InChI is InChI=1S/C13H20N2O4S/c1-10(13(16)17)9-15(4)20(18,19)12-7-5-11(6-8-12)14(2)3/h5-8,10H,9H2,1-4H3,(H,16,17). The number of rotatable bonds is 6. The molecular formula is C13H20N2O4S. The average molecular weight is 300 g/mol. The van der Waals surface area contributed by atoms with Crippen molar-refractivity contribution in [1.29, 1.82) is 0 Å². The normalized spacial score (nSPS) is 13.2. The SMILES string of the molecule is CC(CN(C)S(=O)(=O)c1ccc(N(C)C)cc1)C(=O)O. The lowest BCUT2D eigenvalue weighted by Gasteiger charge is -2.20. The molecule has 1 rings (SSSR count). The van der Waals surface area contributed by atoms with Crippen LogP contribution in [0.4, 0.5) is 5.69 Å². The zero-order valence-electron chi connectivity index (χ0n) is 12.1. The number of carbonyl (C=O) groups is 1. The van der Waals surface area contributed by atoms with E-state index in [1.807, 2.05) is 19.0 Å². The van der Waals surface area contributed by atoms with Gasteiger partial charge in [0, 0.05) is 33.4 Å². The van der Waals surface area contributed by atoms with Crippen molar-refractivity contribution in [3.8, 4) is 0 Å². The Hall–Kier alpha value is -1.60. The van der Waals surface area contributed by atoms with Gasteiger partial charge in [-0.05, 0) is 24.3 Å². The number of hydrogen-bond acceptors (Lipinski definition) is 4. The number of hydrogen-bond donors (Lipinski definition) is 1. The third kappa shape index (κ3) is 3.71. The van der Waals surface area contributed by atoms with Gasteiger partial charge in [0.15, 0.2) is 0 Å². The third-order valence-corrected chi connectivity index (χ3v) is 4.85. The van der Waals surface area contributed by atoms with E-state index in [-0.39, 0.29) is 11.4 Å². The van der Waals surface area contributed by atoms with Gasteiger partial charge in [0.25, 0.3) is 0 Å². The summed E-state index contributed by atoms with van der Waals surface area (Å²) in [6.45, 7) is 1.41. The lowest BCUT2D eigenvalue weighted by atomic mass is 10.2. The maximum Gasteiger partial charge on any atom is 0.307 e. The van der Waals surface area contributed by atoms with Gasteiger partial charge in [0.2, 0.25) is 10.0 Å². The van der Waals surface area contributed by atoms with Gasteiger partial charge in [-0.2, -0.15) is 0 Å². The molecule has 1 aromatic rings. The molecule has 1 unspecified atom stereocenters. The highest BCUT2D eigenvalue weighted by Crippen LogP contribution is 2.19. The predicted molar refractivity (Wildman–Crippen MR) is 77.4 cm³/mol. The highest BCUT2D eigenvalue weighted by atomic mass is 32.2. The minimum Gasteiger partial charge on any atom is -0.481 e. The van der Waals surface area contributed by atoms with Crippen molar-refractivity contribution >= 4 is 21.7 Å². The molecule has 0 radical (unpaired) electrons. The second-order valence-electron chi connectivity index (χ2n) is 4.91. The lowest BCUT2D eigenvalue weighted by molar-refractivity contribution is -0.141. The molecule has 0 aliphatic rings. The maximum absolute atomic E-state index is 12.3. The van der Waals surface area contributed by atoms with Gasteiger partial charge in [-0.1, -0.05) is 6.92 Å². The van der Waals surface area contributed by atoms with Crippen molar-refractivity contribution in [3.63, 3.8) is 0 Å². The minimum atomic E-state index is -3.66. The van der Waals surface area contributed by atoms with E-state index in [0.29, 0.717) is 0 Å². The van der Waals surface area contributed by atoms with Gasteiger partial charge >= 0.3 is 5.97 Å². The number of aliphatic carboxylic acids is 1. The molecule has 0 aliphatic carbocycles. The molecule has 0 amide bonds. The summed E-state index contributed by atoms with van der Waals surface area (Å²) in [6.07, 6.45) is 0. The van der Waals surface area contributed by atoms with Gasteiger partial charge in [0.05, 0.1) is 10.8 Å². The molecule has 20 heavy (non-hydrogen) atoms. The topological polar surface area (TPSA) is 77.9 Å². The molecule has 0 aromatic heterocycles. The Labute approximate surface area is 119 Å². The molecule has 0 fully saturated rings. The molecule has 6 nitrogen and oxygen atoms in total. The summed E-state index contributed by atoms with van der Waals surface area (Å²) in [6, 6.07) is 6.46. The number of benzene rings is 1. The van der Waals surface area contributed by atoms with E-state index in [9.17, 15) is 13.2 Å². The van der Waals surface area contributed by atoms with Gasteiger partial charge < -0.3 is 10.0 Å². The van der Waals surface area contributed by atoms with E-state index in [2.05, 4.69) is 0 Å². The summed E-state index contributed by atoms with van der Waals surface area (Å²) in [4.78, 5) is 12.8. The number of anilines is 1. The molecule has 112 valence electrons. The van der Waals surface area contributed by atoms with Gasteiger partial charge in [-0.3, -0.25) is 4.79 Å². The van der Waals surface area contributed by atoms with Gasteiger partial charge in [-0.15, -0.1) is 0 Å². The van der Waals surface area contributed by atoms with Crippen LogP contribution in [-0.2, 0) is 14.8 Å². The number of nitrogens with zero attached hydrogens (tertiary/aromatic N) is 2. The van der Waals surface area contributed by atoms with Crippen molar-refractivity contribution in [3.05, 3.63) is 24.3 Å². The second kappa shape index (κ2) is 6.23. The smallest absolute Gasteiger partial charge is 0.307 e. The van der Waals surface area contributed by atoms with E-state index >= 15 is 0 Å². The fraction of sp³-hybridized carbons (Fsp3) is 0.462. The third-order valence-electron chi connectivity index (χ3n) is 3.01. The summed E-state index contributed by atoms with van der Waals surface area (Å²) in [7, 11) is 1.46. The Morgan fingerprint density at radius 1 is 1.20 bits per heavy atom. The van der Waals surface area contributed by atoms with E-state index in [0.717, 1.165) is 9.99 Å². The minimum absolute atomic E-state index is 0.0624. The largest absolute Gasteiger partial charge is 0.481 e. The highest BCUT2D eigenvalue weighted by molar-refractivity contribution is 7.89. The van der Waals surface area contributed by atoms with Crippen LogP contribution < -0.4 is 4.90 Å². The zero-order chi connectivity index (χ0) is 15.5. The van der Waals surface area contributed by atoms with Crippen LogP contribution in [0.15, 0.2) is 29.2 Å². The fourth-order valence-electron chi connectivity index (χ4n) is 1.66. The molecule has 1 aromatic carbocycles. The maximum atomic E-state index is 12.3. The van der Waals surface area contributed by atoms with E-state index in [1.54, 1.807) is 12.1 Å². The average Bonchev–Trinajstić information content (AvgIpc) is 2.38. The van der Waals surface area contributed by atoms with Crippen LogP contribution in [0.5, 0.6) is 0 Å². The van der Waals surface area contributed by atoms with Crippen LogP contribution >= 0.6 is 0 Å². The Morgan fingerprint density at radius 3 is 2.10 bits per heavy atom. The summed E-state index contributed by atoms with van der Waals surface area (Å²) < 4.78 is 25.6. The molecule has 7 heteroatoms. The highest BCUT2D eigenvalue weighted by Gasteiger charge is 2.24. The first kappa shape index (κ1) is 16.5. The Balaban J connectivity index is 2.95. The summed E-state index contributed by atoms with van der Waals surface area (Å²) in [5.74, 6) is -1.77. The van der Waals surface area contributed by atoms with Crippen LogP contribution in [0.25, 0.3) is 0 Å². The van der Waals surface area contributed by atoms with Crippen molar-refractivity contribution in [1.82, 2.24) is 4.31 Å². The van der Waals surface area contributed by atoms with Crippen LogP contribution in [0.2, 0.25) is 0 Å². The quantitative estimate of drug-likeness (QED) is 0.851. The molecule has 1 atom stereocenters. The monoisotopic (exact) mass is 300 g/mol. The first-order chi connectivity index (χ1) is 9.16.